The van der Waals surface area contributed by atoms with Gasteiger partial charge < -0.3 is 0 Å². The lowest BCUT2D eigenvalue weighted by molar-refractivity contribution is -0.387. The van der Waals surface area contributed by atoms with Gasteiger partial charge in [-0.25, -0.2) is 8.42 Å². The maximum Gasteiger partial charge on any atom is 0.289 e. The van der Waals surface area contributed by atoms with E-state index in [0.717, 1.165) is 24.0 Å². The molecule has 0 aliphatic heterocycles. The van der Waals surface area contributed by atoms with Gasteiger partial charge in [-0.3, -0.25) is 10.1 Å². The standard InChI is InChI=1S/C20H24N2O4S/c1-14-11-19(22(23)24)20(12-15(14)2)27(25,26)21(16(3)18-9-10-18)13-17-7-5-4-6-8-17/h4-8,11-12,16,18H,9-10,13H2,1-3H3. The number of nitro benzene ring substituents is 1. The Morgan fingerprint density at radius 1 is 1.15 bits per heavy atom. The van der Waals surface area contributed by atoms with Gasteiger partial charge in [-0.15, -0.1) is 0 Å². The normalized spacial score (nSPS) is 15.7. The van der Waals surface area contributed by atoms with Gasteiger partial charge in [0.2, 0.25) is 10.0 Å². The van der Waals surface area contributed by atoms with Gasteiger partial charge in [-0.05, 0) is 62.3 Å². The van der Waals surface area contributed by atoms with Crippen LogP contribution in [-0.2, 0) is 16.6 Å². The second kappa shape index (κ2) is 7.40. The Labute approximate surface area is 160 Å². The van der Waals surface area contributed by atoms with Crippen molar-refractivity contribution >= 4 is 15.7 Å². The fraction of sp³-hybridized carbons (Fsp3) is 0.400. The molecule has 1 aliphatic rings. The maximum absolute atomic E-state index is 13.5. The highest BCUT2D eigenvalue weighted by molar-refractivity contribution is 7.89. The first-order chi connectivity index (χ1) is 12.7. The van der Waals surface area contributed by atoms with Crippen LogP contribution in [0.2, 0.25) is 0 Å². The van der Waals surface area contributed by atoms with E-state index in [4.69, 9.17) is 0 Å². The van der Waals surface area contributed by atoms with Crippen LogP contribution in [0.5, 0.6) is 0 Å². The van der Waals surface area contributed by atoms with Crippen LogP contribution < -0.4 is 0 Å². The van der Waals surface area contributed by atoms with Crippen LogP contribution in [-0.4, -0.2) is 23.7 Å². The quantitative estimate of drug-likeness (QED) is 0.526. The molecule has 2 aromatic carbocycles. The highest BCUT2D eigenvalue weighted by Crippen LogP contribution is 2.39. The molecule has 6 nitrogen and oxygen atoms in total. The van der Waals surface area contributed by atoms with E-state index in [0.29, 0.717) is 11.5 Å². The minimum Gasteiger partial charge on any atom is -0.258 e. The van der Waals surface area contributed by atoms with Crippen molar-refractivity contribution in [3.63, 3.8) is 0 Å². The molecule has 0 bridgehead atoms. The Morgan fingerprint density at radius 2 is 1.74 bits per heavy atom. The molecule has 27 heavy (non-hydrogen) atoms. The molecular weight excluding hydrogens is 364 g/mol. The van der Waals surface area contributed by atoms with Crippen LogP contribution in [0.15, 0.2) is 47.4 Å². The molecule has 0 spiro atoms. The summed E-state index contributed by atoms with van der Waals surface area (Å²) in [5.74, 6) is 0.300. The average Bonchev–Trinajstić information content (AvgIpc) is 3.46. The summed E-state index contributed by atoms with van der Waals surface area (Å²) in [6, 6.07) is 11.9. The number of nitro groups is 1. The lowest BCUT2D eigenvalue weighted by Crippen LogP contribution is -2.39. The zero-order valence-corrected chi connectivity index (χ0v) is 16.6. The SMILES string of the molecule is Cc1cc([N+](=O)[O-])c(S(=O)(=O)N(Cc2ccccc2)C(C)C2CC2)cc1C. The molecule has 1 unspecified atom stereocenters. The van der Waals surface area contributed by atoms with Gasteiger partial charge in [-0.2, -0.15) is 4.31 Å². The number of benzene rings is 2. The van der Waals surface area contributed by atoms with Crippen molar-refractivity contribution in [2.45, 2.75) is 51.1 Å². The number of aryl methyl sites for hydroxylation is 2. The highest BCUT2D eigenvalue weighted by Gasteiger charge is 2.40. The summed E-state index contributed by atoms with van der Waals surface area (Å²) in [7, 11) is -4.03. The molecule has 0 heterocycles. The van der Waals surface area contributed by atoms with Crippen molar-refractivity contribution in [2.24, 2.45) is 5.92 Å². The molecule has 2 aromatic rings. The van der Waals surface area contributed by atoms with E-state index in [1.165, 1.54) is 16.4 Å². The largest absolute Gasteiger partial charge is 0.289 e. The summed E-state index contributed by atoms with van der Waals surface area (Å²) in [6.45, 7) is 5.60. The van der Waals surface area contributed by atoms with Crippen molar-refractivity contribution in [1.29, 1.82) is 0 Å². The van der Waals surface area contributed by atoms with Crippen molar-refractivity contribution in [1.82, 2.24) is 4.31 Å². The van der Waals surface area contributed by atoms with E-state index >= 15 is 0 Å². The van der Waals surface area contributed by atoms with Gasteiger partial charge in [0, 0.05) is 18.7 Å². The van der Waals surface area contributed by atoms with E-state index in [1.54, 1.807) is 13.8 Å². The zero-order valence-electron chi connectivity index (χ0n) is 15.8. The molecular formula is C20H24N2O4S. The molecule has 1 fully saturated rings. The van der Waals surface area contributed by atoms with Crippen molar-refractivity contribution < 1.29 is 13.3 Å². The molecule has 1 saturated carbocycles. The van der Waals surface area contributed by atoms with E-state index < -0.39 is 14.9 Å². The second-order valence-corrected chi connectivity index (χ2v) is 9.13. The van der Waals surface area contributed by atoms with Crippen LogP contribution in [0, 0.1) is 29.9 Å². The Morgan fingerprint density at radius 3 is 2.30 bits per heavy atom. The smallest absolute Gasteiger partial charge is 0.258 e. The van der Waals surface area contributed by atoms with E-state index in [2.05, 4.69) is 0 Å². The lowest BCUT2D eigenvalue weighted by Gasteiger charge is -2.28. The summed E-state index contributed by atoms with van der Waals surface area (Å²) in [5.41, 5.74) is 1.92. The van der Waals surface area contributed by atoms with Crippen molar-refractivity contribution in [3.05, 3.63) is 69.3 Å². The molecule has 1 aliphatic carbocycles. The zero-order chi connectivity index (χ0) is 19.8. The Bertz CT molecular complexity index is 953. The van der Waals surface area contributed by atoms with Crippen molar-refractivity contribution in [2.75, 3.05) is 0 Å². The summed E-state index contributed by atoms with van der Waals surface area (Å²) in [5, 5.41) is 11.6. The number of hydrogen-bond acceptors (Lipinski definition) is 4. The predicted molar refractivity (Wildman–Crippen MR) is 104 cm³/mol. The Hall–Kier alpha value is -2.25. The van der Waals surface area contributed by atoms with Gasteiger partial charge in [-0.1, -0.05) is 30.3 Å². The third-order valence-corrected chi connectivity index (χ3v) is 7.26. The maximum atomic E-state index is 13.5. The first-order valence-electron chi connectivity index (χ1n) is 9.03. The molecule has 144 valence electrons. The summed E-state index contributed by atoms with van der Waals surface area (Å²) < 4.78 is 28.5. The first kappa shape index (κ1) is 19.5. The second-order valence-electron chi connectivity index (χ2n) is 7.28. The molecule has 0 N–H and O–H groups in total. The van der Waals surface area contributed by atoms with Gasteiger partial charge >= 0.3 is 0 Å². The molecule has 7 heteroatoms. The van der Waals surface area contributed by atoms with Crippen LogP contribution in [0.4, 0.5) is 5.69 Å². The van der Waals surface area contributed by atoms with Gasteiger partial charge in [0.1, 0.15) is 0 Å². The average molecular weight is 388 g/mol. The van der Waals surface area contributed by atoms with Crippen LogP contribution in [0.25, 0.3) is 0 Å². The third kappa shape index (κ3) is 4.04. The van der Waals surface area contributed by atoms with Crippen molar-refractivity contribution in [3.8, 4) is 0 Å². The predicted octanol–water partition coefficient (Wildman–Crippen LogP) is 4.20. The monoisotopic (exact) mass is 388 g/mol. The minimum absolute atomic E-state index is 0.199. The van der Waals surface area contributed by atoms with Crippen LogP contribution in [0.3, 0.4) is 0 Å². The molecule has 1 atom stereocenters. The summed E-state index contributed by atoms with van der Waals surface area (Å²) in [6.07, 6.45) is 1.97. The fourth-order valence-electron chi connectivity index (χ4n) is 3.28. The van der Waals surface area contributed by atoms with Gasteiger partial charge in [0.25, 0.3) is 5.69 Å². The summed E-state index contributed by atoms with van der Waals surface area (Å²) in [4.78, 5) is 10.7. The molecule has 3 rings (SSSR count). The Balaban J connectivity index is 2.10. The topological polar surface area (TPSA) is 80.5 Å². The van der Waals surface area contributed by atoms with E-state index in [1.807, 2.05) is 37.3 Å². The lowest BCUT2D eigenvalue weighted by atomic mass is 10.1. The fourth-order valence-corrected chi connectivity index (χ4v) is 5.18. The minimum atomic E-state index is -4.03. The summed E-state index contributed by atoms with van der Waals surface area (Å²) >= 11 is 0. The van der Waals surface area contributed by atoms with Crippen LogP contribution in [0.1, 0.15) is 36.5 Å². The molecule has 0 aromatic heterocycles. The van der Waals surface area contributed by atoms with Crippen LogP contribution >= 0.6 is 0 Å². The number of nitrogens with zero attached hydrogens (tertiary/aromatic N) is 2. The van der Waals surface area contributed by atoms with E-state index in [9.17, 15) is 18.5 Å². The molecule has 0 radical (unpaired) electrons. The number of rotatable bonds is 7. The number of sulfonamides is 1. The Kier molecular flexibility index (Phi) is 5.35. The van der Waals surface area contributed by atoms with E-state index in [-0.39, 0.29) is 23.2 Å². The van der Waals surface area contributed by atoms with Gasteiger partial charge in [0.15, 0.2) is 4.90 Å². The third-order valence-electron chi connectivity index (χ3n) is 5.30. The molecule has 0 amide bonds. The first-order valence-corrected chi connectivity index (χ1v) is 10.5. The molecule has 0 saturated heterocycles. The van der Waals surface area contributed by atoms with Gasteiger partial charge in [0.05, 0.1) is 4.92 Å². The number of hydrogen-bond donors (Lipinski definition) is 0. The highest BCUT2D eigenvalue weighted by atomic mass is 32.2.